The third kappa shape index (κ3) is 2.86. The Morgan fingerprint density at radius 2 is 2.05 bits per heavy atom. The molecule has 1 aliphatic heterocycles. The van der Waals surface area contributed by atoms with Crippen molar-refractivity contribution in [2.24, 2.45) is 0 Å². The van der Waals surface area contributed by atoms with Gasteiger partial charge in [-0.25, -0.2) is 17.7 Å². The summed E-state index contributed by atoms with van der Waals surface area (Å²) >= 11 is 1.72. The lowest BCUT2D eigenvalue weighted by Gasteiger charge is -2.29. The molecule has 116 valence electrons. The van der Waals surface area contributed by atoms with Crippen molar-refractivity contribution in [2.75, 3.05) is 19.3 Å². The van der Waals surface area contributed by atoms with Gasteiger partial charge in [-0.1, -0.05) is 13.8 Å². The van der Waals surface area contributed by atoms with Crippen LogP contribution in [0.5, 0.6) is 0 Å². The second-order valence-electron chi connectivity index (χ2n) is 6.06. The zero-order chi connectivity index (χ0) is 15.2. The Morgan fingerprint density at radius 1 is 1.38 bits per heavy atom. The lowest BCUT2D eigenvalue weighted by molar-refractivity contribution is 0.321. The normalized spacial score (nSPS) is 18.9. The molecule has 21 heavy (non-hydrogen) atoms. The number of aromatic nitrogens is 2. The molecule has 0 saturated carbocycles. The van der Waals surface area contributed by atoms with Crippen molar-refractivity contribution >= 4 is 31.7 Å². The molecule has 5 nitrogen and oxygen atoms in total. The standard InChI is InChI=1S/C14H21N3O2S2/c1-9(2)11-8-15-14-12(11)16-13(20-14)10-4-6-17(7-5-10)21(3,18)19/h8-10,15H,4-7H2,1-3H3. The van der Waals surface area contributed by atoms with Gasteiger partial charge in [-0.2, -0.15) is 0 Å². The highest BCUT2D eigenvalue weighted by Gasteiger charge is 2.28. The molecular formula is C14H21N3O2S2. The quantitative estimate of drug-likeness (QED) is 0.942. The number of hydrogen-bond donors (Lipinski definition) is 1. The van der Waals surface area contributed by atoms with Gasteiger partial charge in [0.05, 0.1) is 11.3 Å². The number of nitrogens with one attached hydrogen (secondary N) is 1. The van der Waals surface area contributed by atoms with Gasteiger partial charge in [0, 0.05) is 25.2 Å². The highest BCUT2D eigenvalue weighted by molar-refractivity contribution is 7.88. The molecule has 0 radical (unpaired) electrons. The van der Waals surface area contributed by atoms with Gasteiger partial charge < -0.3 is 4.98 Å². The number of nitrogens with zero attached hydrogens (tertiary/aromatic N) is 2. The minimum absolute atomic E-state index is 0.383. The second-order valence-corrected chi connectivity index (χ2v) is 9.08. The molecule has 2 aromatic rings. The average Bonchev–Trinajstić information content (AvgIpc) is 2.96. The minimum Gasteiger partial charge on any atom is -0.351 e. The number of H-pyrrole nitrogens is 1. The molecule has 1 fully saturated rings. The summed E-state index contributed by atoms with van der Waals surface area (Å²) in [6.07, 6.45) is 5.06. The van der Waals surface area contributed by atoms with Crippen molar-refractivity contribution in [2.45, 2.75) is 38.5 Å². The predicted octanol–water partition coefficient (Wildman–Crippen LogP) is 2.89. The number of thiazole rings is 1. The topological polar surface area (TPSA) is 66.1 Å². The maximum Gasteiger partial charge on any atom is 0.211 e. The lowest BCUT2D eigenvalue weighted by atomic mass is 9.99. The Bertz CT molecular complexity index is 737. The van der Waals surface area contributed by atoms with E-state index >= 15 is 0 Å². The molecule has 1 aliphatic rings. The molecule has 0 spiro atoms. The Balaban J connectivity index is 1.80. The fraction of sp³-hybridized carbons (Fsp3) is 0.643. The van der Waals surface area contributed by atoms with Crippen LogP contribution in [0.1, 0.15) is 49.1 Å². The molecule has 7 heteroatoms. The molecule has 0 atom stereocenters. The Hall–Kier alpha value is -0.920. The molecule has 0 unspecified atom stereocenters. The first-order valence-electron chi connectivity index (χ1n) is 7.29. The van der Waals surface area contributed by atoms with E-state index in [-0.39, 0.29) is 0 Å². The van der Waals surface area contributed by atoms with Gasteiger partial charge in [-0.3, -0.25) is 0 Å². The van der Waals surface area contributed by atoms with E-state index in [9.17, 15) is 8.42 Å². The van der Waals surface area contributed by atoms with Gasteiger partial charge in [0.2, 0.25) is 10.0 Å². The third-order valence-electron chi connectivity index (χ3n) is 4.17. The number of hydrogen-bond acceptors (Lipinski definition) is 4. The van der Waals surface area contributed by atoms with Crippen LogP contribution in [0.3, 0.4) is 0 Å². The van der Waals surface area contributed by atoms with Gasteiger partial charge in [0.1, 0.15) is 10.3 Å². The number of rotatable bonds is 3. The average molecular weight is 327 g/mol. The zero-order valence-electron chi connectivity index (χ0n) is 12.6. The largest absolute Gasteiger partial charge is 0.351 e. The zero-order valence-corrected chi connectivity index (χ0v) is 14.2. The van der Waals surface area contributed by atoms with E-state index in [0.29, 0.717) is 24.9 Å². The molecule has 0 aromatic carbocycles. The second kappa shape index (κ2) is 5.37. The van der Waals surface area contributed by atoms with Crippen LogP contribution < -0.4 is 0 Å². The van der Waals surface area contributed by atoms with E-state index in [1.54, 1.807) is 15.6 Å². The molecule has 1 N–H and O–H groups in total. The first kappa shape index (κ1) is 15.0. The summed E-state index contributed by atoms with van der Waals surface area (Å²) in [5.41, 5.74) is 2.36. The van der Waals surface area contributed by atoms with Crippen LogP contribution >= 0.6 is 11.3 Å². The van der Waals surface area contributed by atoms with Crippen molar-refractivity contribution in [3.8, 4) is 0 Å². The first-order valence-corrected chi connectivity index (χ1v) is 9.95. The van der Waals surface area contributed by atoms with E-state index in [1.807, 2.05) is 0 Å². The van der Waals surface area contributed by atoms with E-state index < -0.39 is 10.0 Å². The summed E-state index contributed by atoms with van der Waals surface area (Å²) in [7, 11) is -3.05. The van der Waals surface area contributed by atoms with Crippen LogP contribution in [0.2, 0.25) is 0 Å². The van der Waals surface area contributed by atoms with Crippen LogP contribution in [-0.4, -0.2) is 42.0 Å². The lowest BCUT2D eigenvalue weighted by Crippen LogP contribution is -2.37. The summed E-state index contributed by atoms with van der Waals surface area (Å²) in [5.74, 6) is 0.842. The molecule has 0 bridgehead atoms. The molecule has 2 aromatic heterocycles. The number of aromatic amines is 1. The fourth-order valence-electron chi connectivity index (χ4n) is 2.89. The van der Waals surface area contributed by atoms with Crippen molar-refractivity contribution in [1.82, 2.24) is 14.3 Å². The third-order valence-corrected chi connectivity index (χ3v) is 6.62. The number of sulfonamides is 1. The van der Waals surface area contributed by atoms with Gasteiger partial charge in [-0.05, 0) is 24.3 Å². The first-order chi connectivity index (χ1) is 9.86. The highest BCUT2D eigenvalue weighted by atomic mass is 32.2. The Labute approximate surface area is 129 Å². The van der Waals surface area contributed by atoms with Crippen molar-refractivity contribution in [3.05, 3.63) is 16.8 Å². The highest BCUT2D eigenvalue weighted by Crippen LogP contribution is 2.36. The molecule has 1 saturated heterocycles. The van der Waals surface area contributed by atoms with Gasteiger partial charge >= 0.3 is 0 Å². The van der Waals surface area contributed by atoms with Crippen molar-refractivity contribution in [1.29, 1.82) is 0 Å². The Morgan fingerprint density at radius 3 is 2.62 bits per heavy atom. The van der Waals surface area contributed by atoms with Crippen LogP contribution in [0.15, 0.2) is 6.20 Å². The minimum atomic E-state index is -3.05. The van der Waals surface area contributed by atoms with Crippen LogP contribution in [-0.2, 0) is 10.0 Å². The van der Waals surface area contributed by atoms with Crippen LogP contribution in [0.4, 0.5) is 0 Å². The Kier molecular flexibility index (Phi) is 3.83. The summed E-state index contributed by atoms with van der Waals surface area (Å²) in [6.45, 7) is 5.56. The van der Waals surface area contributed by atoms with Gasteiger partial charge in [0.25, 0.3) is 0 Å². The van der Waals surface area contributed by atoms with Crippen molar-refractivity contribution < 1.29 is 8.42 Å². The molecule has 3 heterocycles. The summed E-state index contributed by atoms with van der Waals surface area (Å²) < 4.78 is 24.7. The fourth-order valence-corrected chi connectivity index (χ4v) is 4.89. The van der Waals surface area contributed by atoms with Gasteiger partial charge in [0.15, 0.2) is 0 Å². The molecule has 0 aliphatic carbocycles. The molecule has 0 amide bonds. The van der Waals surface area contributed by atoms with Gasteiger partial charge in [-0.15, -0.1) is 11.3 Å². The predicted molar refractivity (Wildman–Crippen MR) is 86.5 cm³/mol. The number of piperidine rings is 1. The van der Waals surface area contributed by atoms with Crippen LogP contribution in [0, 0.1) is 0 Å². The van der Waals surface area contributed by atoms with Crippen molar-refractivity contribution in [3.63, 3.8) is 0 Å². The SMILES string of the molecule is CC(C)c1c[nH]c2sc(C3CCN(S(C)(=O)=O)CC3)nc12. The van der Waals surface area contributed by atoms with E-state index in [0.717, 1.165) is 28.2 Å². The molecule has 3 rings (SSSR count). The van der Waals surface area contributed by atoms with E-state index in [2.05, 4.69) is 25.0 Å². The summed E-state index contributed by atoms with van der Waals surface area (Å²) in [5, 5.41) is 1.15. The maximum atomic E-state index is 11.6. The summed E-state index contributed by atoms with van der Waals surface area (Å²) in [4.78, 5) is 9.27. The van der Waals surface area contributed by atoms with E-state index in [1.165, 1.54) is 11.8 Å². The molecular weight excluding hydrogens is 306 g/mol. The maximum absolute atomic E-state index is 11.6. The summed E-state index contributed by atoms with van der Waals surface area (Å²) in [6, 6.07) is 0. The van der Waals surface area contributed by atoms with Crippen LogP contribution in [0.25, 0.3) is 10.3 Å². The number of fused-ring (bicyclic) bond motifs is 1. The van der Waals surface area contributed by atoms with E-state index in [4.69, 9.17) is 4.98 Å². The smallest absolute Gasteiger partial charge is 0.211 e. The monoisotopic (exact) mass is 327 g/mol.